The minimum Gasteiger partial charge on any atom is -0.446 e. The molecular weight excluding hydrogens is 514 g/mol. The number of ether oxygens (including phenoxy) is 3. The number of rotatable bonds is 4. The Balaban J connectivity index is 2.89. The first-order valence-corrected chi connectivity index (χ1v) is 15.9. The Bertz CT molecular complexity index is 846. The highest BCUT2D eigenvalue weighted by atomic mass is 31.3. The van der Waals surface area contributed by atoms with Crippen LogP contribution in [-0.2, 0) is 14.2 Å². The number of hydrogen-bond donors (Lipinski definition) is 1. The molecule has 0 atom stereocenters. The second-order valence-corrected chi connectivity index (χ2v) is 17.9. The third-order valence-electron chi connectivity index (χ3n) is 5.04. The van der Waals surface area contributed by atoms with Gasteiger partial charge in [-0.25, -0.2) is 19.8 Å². The molecule has 0 saturated carbocycles. The lowest BCUT2D eigenvalue weighted by Crippen LogP contribution is -2.65. The van der Waals surface area contributed by atoms with Gasteiger partial charge in [0.25, 0.3) is 0 Å². The van der Waals surface area contributed by atoms with Crippen molar-refractivity contribution in [3.8, 4) is 0 Å². The highest BCUT2D eigenvalue weighted by Crippen LogP contribution is 2.89. The Morgan fingerprint density at radius 1 is 0.892 bits per heavy atom. The molecule has 13 heteroatoms. The van der Waals surface area contributed by atoms with Crippen LogP contribution < -0.4 is 5.43 Å². The lowest BCUT2D eigenvalue weighted by molar-refractivity contribution is 0.0584. The molecule has 2 rings (SSSR count). The maximum atomic E-state index is 13.8. The van der Waals surface area contributed by atoms with E-state index in [1.165, 1.54) is 4.78 Å². The quantitative estimate of drug-likeness (QED) is 0.309. The van der Waals surface area contributed by atoms with E-state index in [0.717, 1.165) is 13.1 Å². The summed E-state index contributed by atoms with van der Waals surface area (Å²) in [5.74, 6) is 0. The first-order valence-electron chi connectivity index (χ1n) is 13.1. The standard InChI is InChI=1S/C24H50N6O5P2/c1-18(2)34-20(31)25-28(21(32)35-19(3)4)37(26-22(5,6)7)29(23(8,9)10)36(30(37)24(11,12)13)27-14-16-33-17-15-27/h18-19H,14-17H2,1-13H3,(H,25,31). The first-order chi connectivity index (χ1) is 16.7. The summed E-state index contributed by atoms with van der Waals surface area (Å²) < 4.78 is 30.7. The molecule has 0 unspecified atom stereocenters. The Morgan fingerprint density at radius 2 is 1.35 bits per heavy atom. The van der Waals surface area contributed by atoms with Crippen LogP contribution in [0.1, 0.15) is 90.0 Å². The molecule has 0 bridgehead atoms. The second kappa shape index (κ2) is 11.6. The summed E-state index contributed by atoms with van der Waals surface area (Å²) in [7, 11) is -4.16. The molecule has 2 fully saturated rings. The minimum absolute atomic E-state index is 0.360. The molecule has 2 amide bonds. The van der Waals surface area contributed by atoms with Gasteiger partial charge >= 0.3 is 12.2 Å². The highest BCUT2D eigenvalue weighted by Gasteiger charge is 2.68. The van der Waals surface area contributed by atoms with E-state index in [1.54, 1.807) is 27.7 Å². The SMILES string of the molecule is CC(C)OC(=O)NN(C(=O)OC(C)C)P1(=NC(C)(C)C)N(C(C)(C)C)P(N2CCOCC2)N1C(C)(C)C. The molecule has 0 aromatic heterocycles. The van der Waals surface area contributed by atoms with E-state index in [4.69, 9.17) is 19.0 Å². The van der Waals surface area contributed by atoms with Gasteiger partial charge in [0.1, 0.15) is 8.37 Å². The van der Waals surface area contributed by atoms with Crippen LogP contribution in [0.25, 0.3) is 0 Å². The summed E-state index contributed by atoms with van der Waals surface area (Å²) in [4.78, 5) is 26.9. The van der Waals surface area contributed by atoms with Crippen LogP contribution in [0.4, 0.5) is 9.59 Å². The van der Waals surface area contributed by atoms with Gasteiger partial charge in [0.2, 0.25) is 7.51 Å². The maximum absolute atomic E-state index is 13.8. The average molecular weight is 565 g/mol. The fourth-order valence-corrected chi connectivity index (χ4v) is 13.6. The van der Waals surface area contributed by atoms with Crippen molar-refractivity contribution in [2.24, 2.45) is 4.74 Å². The molecule has 0 aromatic rings. The van der Waals surface area contributed by atoms with Gasteiger partial charge in [-0.2, -0.15) is 13.7 Å². The fraction of sp³-hybridized carbons (Fsp3) is 0.917. The van der Waals surface area contributed by atoms with Crippen LogP contribution in [0.3, 0.4) is 0 Å². The topological polar surface area (TPSA) is 99.2 Å². The van der Waals surface area contributed by atoms with Gasteiger partial charge in [0.15, 0.2) is 0 Å². The van der Waals surface area contributed by atoms with E-state index in [1.807, 2.05) is 20.8 Å². The number of nitrogens with zero attached hydrogens (tertiary/aromatic N) is 5. The molecule has 1 N–H and O–H groups in total. The third-order valence-corrected chi connectivity index (χ3v) is 14.1. The number of hydrazine groups is 1. The van der Waals surface area contributed by atoms with Crippen LogP contribution in [-0.4, -0.2) is 85.6 Å². The molecule has 37 heavy (non-hydrogen) atoms. The summed E-state index contributed by atoms with van der Waals surface area (Å²) in [5, 5.41) is 0. The summed E-state index contributed by atoms with van der Waals surface area (Å²) in [6, 6.07) is 0. The predicted octanol–water partition coefficient (Wildman–Crippen LogP) is 6.40. The van der Waals surface area contributed by atoms with Crippen molar-refractivity contribution in [3.05, 3.63) is 0 Å². The van der Waals surface area contributed by atoms with Crippen LogP contribution in [0.15, 0.2) is 4.74 Å². The fourth-order valence-electron chi connectivity index (χ4n) is 4.16. The molecule has 0 radical (unpaired) electrons. The summed E-state index contributed by atoms with van der Waals surface area (Å²) >= 11 is 0. The van der Waals surface area contributed by atoms with Crippen LogP contribution in [0.5, 0.6) is 0 Å². The van der Waals surface area contributed by atoms with Gasteiger partial charge in [-0.15, -0.1) is 0 Å². The Morgan fingerprint density at radius 3 is 1.73 bits per heavy atom. The lowest BCUT2D eigenvalue weighted by atomic mass is 10.1. The molecule has 0 aliphatic carbocycles. The molecule has 216 valence electrons. The molecule has 2 saturated heterocycles. The van der Waals surface area contributed by atoms with Crippen molar-refractivity contribution in [2.45, 2.75) is 119 Å². The molecule has 2 aliphatic heterocycles. The van der Waals surface area contributed by atoms with E-state index >= 15 is 0 Å². The largest absolute Gasteiger partial charge is 0.446 e. The number of amides is 2. The lowest BCUT2D eigenvalue weighted by Gasteiger charge is -2.70. The number of nitrogens with one attached hydrogen (secondary N) is 1. The Kier molecular flexibility index (Phi) is 10.2. The Hall–Kier alpha value is -0.960. The van der Waals surface area contributed by atoms with Crippen LogP contribution in [0.2, 0.25) is 0 Å². The molecular formula is C24H50N6O5P2. The molecule has 0 spiro atoms. The zero-order chi connectivity index (χ0) is 28.6. The normalized spacial score (nSPS) is 24.6. The molecule has 2 heterocycles. The number of carbonyl (C=O) groups excluding carboxylic acids is 2. The number of carbonyl (C=O) groups is 2. The van der Waals surface area contributed by atoms with Gasteiger partial charge < -0.3 is 14.2 Å². The van der Waals surface area contributed by atoms with Crippen molar-refractivity contribution in [1.29, 1.82) is 0 Å². The van der Waals surface area contributed by atoms with Gasteiger partial charge in [0.05, 0.1) is 31.0 Å². The van der Waals surface area contributed by atoms with E-state index in [0.29, 0.717) is 13.2 Å². The van der Waals surface area contributed by atoms with E-state index in [-0.39, 0.29) is 12.2 Å². The van der Waals surface area contributed by atoms with Crippen molar-refractivity contribution >= 4 is 28.1 Å². The number of morpholine rings is 1. The average Bonchev–Trinajstić information content (AvgIpc) is 2.65. The van der Waals surface area contributed by atoms with Gasteiger partial charge in [-0.3, -0.25) is 4.67 Å². The van der Waals surface area contributed by atoms with Gasteiger partial charge in [0, 0.05) is 24.2 Å². The molecule has 11 nitrogen and oxygen atoms in total. The van der Waals surface area contributed by atoms with E-state index < -0.39 is 44.7 Å². The van der Waals surface area contributed by atoms with Crippen molar-refractivity contribution in [3.63, 3.8) is 0 Å². The zero-order valence-corrected chi connectivity index (χ0v) is 26.9. The summed E-state index contributed by atoms with van der Waals surface area (Å²) in [6.07, 6.45) is -2.12. The van der Waals surface area contributed by atoms with E-state index in [2.05, 4.69) is 60.5 Å². The maximum Gasteiger partial charge on any atom is 0.435 e. The van der Waals surface area contributed by atoms with Crippen molar-refractivity contribution < 1.29 is 23.8 Å². The zero-order valence-electron chi connectivity index (χ0n) is 25.2. The Labute approximate surface area is 225 Å². The summed E-state index contributed by atoms with van der Waals surface area (Å²) in [5.41, 5.74) is 1.46. The minimum atomic E-state index is -3.11. The monoisotopic (exact) mass is 564 g/mol. The molecule has 0 aromatic carbocycles. The van der Waals surface area contributed by atoms with Crippen molar-refractivity contribution in [1.82, 2.24) is 23.8 Å². The highest BCUT2D eigenvalue weighted by molar-refractivity contribution is 7.85. The second-order valence-electron chi connectivity index (χ2n) is 12.9. The van der Waals surface area contributed by atoms with Crippen LogP contribution in [0, 0.1) is 0 Å². The van der Waals surface area contributed by atoms with Gasteiger partial charge in [-0.05, 0) is 90.0 Å². The van der Waals surface area contributed by atoms with Gasteiger partial charge in [-0.1, -0.05) is 0 Å². The summed E-state index contributed by atoms with van der Waals surface area (Å²) in [6.45, 7) is 28.8. The van der Waals surface area contributed by atoms with Crippen molar-refractivity contribution in [2.75, 3.05) is 26.3 Å². The first kappa shape index (κ1) is 32.3. The number of hydrogen-bond acceptors (Lipinski definition) is 7. The smallest absolute Gasteiger partial charge is 0.435 e. The van der Waals surface area contributed by atoms with Crippen LogP contribution >= 0.6 is 15.9 Å². The van der Waals surface area contributed by atoms with E-state index in [9.17, 15) is 9.59 Å². The molecule has 2 aliphatic rings. The third kappa shape index (κ3) is 7.58. The predicted molar refractivity (Wildman–Crippen MR) is 150 cm³/mol.